The Labute approximate surface area is 99.5 Å². The van der Waals surface area contributed by atoms with E-state index < -0.39 is 0 Å². The minimum atomic E-state index is -0.187. The first-order chi connectivity index (χ1) is 8.16. The zero-order valence-electron chi connectivity index (χ0n) is 9.47. The Bertz CT molecular complexity index is 552. The number of carbonyl (C=O) groups excluding carboxylic acids is 1. The second kappa shape index (κ2) is 4.65. The fourth-order valence-electron chi connectivity index (χ4n) is 1.50. The molecule has 86 valence electrons. The van der Waals surface area contributed by atoms with E-state index in [0.717, 1.165) is 11.3 Å². The summed E-state index contributed by atoms with van der Waals surface area (Å²) < 4.78 is 0. The summed E-state index contributed by atoms with van der Waals surface area (Å²) >= 11 is 0. The predicted molar refractivity (Wildman–Crippen MR) is 67.8 cm³/mol. The topological polar surface area (TPSA) is 68.0 Å². The summed E-state index contributed by atoms with van der Waals surface area (Å²) in [5.41, 5.74) is 7.84. The van der Waals surface area contributed by atoms with Crippen LogP contribution in [0.25, 0.3) is 0 Å². The van der Waals surface area contributed by atoms with E-state index in [0.29, 0.717) is 11.4 Å². The number of anilines is 2. The van der Waals surface area contributed by atoms with Crippen LogP contribution in [0.1, 0.15) is 15.9 Å². The third-order valence-electron chi connectivity index (χ3n) is 2.44. The molecule has 4 nitrogen and oxygen atoms in total. The zero-order valence-corrected chi connectivity index (χ0v) is 9.47. The number of pyridine rings is 1. The molecule has 0 radical (unpaired) electrons. The highest BCUT2D eigenvalue weighted by atomic mass is 16.1. The molecule has 1 amide bonds. The summed E-state index contributed by atoms with van der Waals surface area (Å²) in [5, 5.41) is 2.83. The third kappa shape index (κ3) is 2.60. The Kier molecular flexibility index (Phi) is 3.05. The number of nitrogens with two attached hydrogens (primary N) is 1. The van der Waals surface area contributed by atoms with Crippen LogP contribution in [0.5, 0.6) is 0 Å². The lowest BCUT2D eigenvalue weighted by Crippen LogP contribution is -2.13. The maximum absolute atomic E-state index is 11.9. The van der Waals surface area contributed by atoms with Gasteiger partial charge in [-0.25, -0.2) is 4.98 Å². The number of aromatic nitrogens is 1. The van der Waals surface area contributed by atoms with Gasteiger partial charge in [0.1, 0.15) is 5.82 Å². The molecule has 0 bridgehead atoms. The van der Waals surface area contributed by atoms with Gasteiger partial charge in [-0.15, -0.1) is 0 Å². The van der Waals surface area contributed by atoms with E-state index in [-0.39, 0.29) is 5.91 Å². The van der Waals surface area contributed by atoms with Crippen molar-refractivity contribution in [3.63, 3.8) is 0 Å². The monoisotopic (exact) mass is 227 g/mol. The van der Waals surface area contributed by atoms with Crippen LogP contribution < -0.4 is 11.1 Å². The minimum Gasteiger partial charge on any atom is -0.384 e. The first kappa shape index (κ1) is 11.1. The highest BCUT2D eigenvalue weighted by molar-refractivity contribution is 6.04. The summed E-state index contributed by atoms with van der Waals surface area (Å²) in [4.78, 5) is 15.8. The average molecular weight is 227 g/mol. The number of para-hydroxylation sites is 1. The number of nitrogens with one attached hydrogen (secondary N) is 1. The van der Waals surface area contributed by atoms with Crippen molar-refractivity contribution in [1.29, 1.82) is 0 Å². The second-order valence-electron chi connectivity index (χ2n) is 3.74. The second-order valence-corrected chi connectivity index (χ2v) is 3.74. The number of benzene rings is 1. The molecule has 0 aliphatic carbocycles. The zero-order chi connectivity index (χ0) is 12.3. The van der Waals surface area contributed by atoms with Crippen molar-refractivity contribution in [3.8, 4) is 0 Å². The molecule has 0 atom stereocenters. The molecule has 0 unspecified atom stereocenters. The van der Waals surface area contributed by atoms with E-state index in [1.54, 1.807) is 12.1 Å². The molecule has 0 spiro atoms. The van der Waals surface area contributed by atoms with E-state index in [2.05, 4.69) is 10.3 Å². The quantitative estimate of drug-likeness (QED) is 0.826. The van der Waals surface area contributed by atoms with Crippen LogP contribution in [0.3, 0.4) is 0 Å². The normalized spacial score (nSPS) is 9.94. The minimum absolute atomic E-state index is 0.187. The van der Waals surface area contributed by atoms with E-state index in [1.807, 2.05) is 31.2 Å². The van der Waals surface area contributed by atoms with Crippen molar-refractivity contribution in [2.24, 2.45) is 0 Å². The van der Waals surface area contributed by atoms with Gasteiger partial charge in [-0.1, -0.05) is 18.2 Å². The van der Waals surface area contributed by atoms with E-state index in [9.17, 15) is 4.79 Å². The van der Waals surface area contributed by atoms with Crippen LogP contribution in [0, 0.1) is 6.92 Å². The molecule has 0 aliphatic heterocycles. The largest absolute Gasteiger partial charge is 0.384 e. The summed E-state index contributed by atoms with van der Waals surface area (Å²) in [6.07, 6.45) is 1.52. The fraction of sp³-hybridized carbons (Fsp3) is 0.0769. The Morgan fingerprint density at radius 3 is 2.76 bits per heavy atom. The van der Waals surface area contributed by atoms with Gasteiger partial charge in [0.15, 0.2) is 0 Å². The van der Waals surface area contributed by atoms with Crippen molar-refractivity contribution in [2.45, 2.75) is 6.92 Å². The molecule has 17 heavy (non-hydrogen) atoms. The van der Waals surface area contributed by atoms with Crippen LogP contribution in [0.4, 0.5) is 11.5 Å². The standard InChI is InChI=1S/C13H13N3O/c1-9-4-2-3-5-11(9)16-13(17)10-6-7-15-12(14)8-10/h2-8H,1H3,(H2,14,15)(H,16,17). The van der Waals surface area contributed by atoms with Crippen molar-refractivity contribution in [2.75, 3.05) is 11.1 Å². The number of aryl methyl sites for hydroxylation is 1. The van der Waals surface area contributed by atoms with E-state index in [1.165, 1.54) is 6.20 Å². The highest BCUT2D eigenvalue weighted by Crippen LogP contribution is 2.14. The van der Waals surface area contributed by atoms with Crippen LogP contribution in [0.2, 0.25) is 0 Å². The van der Waals surface area contributed by atoms with Crippen molar-refractivity contribution in [1.82, 2.24) is 4.98 Å². The number of nitrogens with zero attached hydrogens (tertiary/aromatic N) is 1. The molecular weight excluding hydrogens is 214 g/mol. The molecule has 4 heteroatoms. The lowest BCUT2D eigenvalue weighted by molar-refractivity contribution is 0.102. The van der Waals surface area contributed by atoms with Gasteiger partial charge >= 0.3 is 0 Å². The summed E-state index contributed by atoms with van der Waals surface area (Å²) in [6, 6.07) is 10.8. The van der Waals surface area contributed by atoms with Gasteiger partial charge in [-0.3, -0.25) is 4.79 Å². The first-order valence-electron chi connectivity index (χ1n) is 5.25. The maximum Gasteiger partial charge on any atom is 0.255 e. The smallest absolute Gasteiger partial charge is 0.255 e. The number of carbonyl (C=O) groups is 1. The molecule has 1 heterocycles. The van der Waals surface area contributed by atoms with E-state index >= 15 is 0 Å². The third-order valence-corrected chi connectivity index (χ3v) is 2.44. The Balaban J connectivity index is 2.20. The lowest BCUT2D eigenvalue weighted by atomic mass is 10.2. The molecule has 2 aromatic rings. The van der Waals surface area contributed by atoms with Crippen molar-refractivity contribution < 1.29 is 4.79 Å². The van der Waals surface area contributed by atoms with Gasteiger partial charge in [-0.05, 0) is 30.7 Å². The molecule has 3 N–H and O–H groups in total. The van der Waals surface area contributed by atoms with Crippen LogP contribution >= 0.6 is 0 Å². The van der Waals surface area contributed by atoms with Gasteiger partial charge < -0.3 is 11.1 Å². The fourth-order valence-corrected chi connectivity index (χ4v) is 1.50. The maximum atomic E-state index is 11.9. The summed E-state index contributed by atoms with van der Waals surface area (Å²) in [6.45, 7) is 1.94. The van der Waals surface area contributed by atoms with Crippen LogP contribution in [-0.2, 0) is 0 Å². The number of hydrogen-bond donors (Lipinski definition) is 2. The lowest BCUT2D eigenvalue weighted by Gasteiger charge is -2.08. The van der Waals surface area contributed by atoms with Gasteiger partial charge in [0, 0.05) is 17.4 Å². The molecule has 1 aromatic carbocycles. The van der Waals surface area contributed by atoms with Crippen molar-refractivity contribution >= 4 is 17.4 Å². The summed E-state index contributed by atoms with van der Waals surface area (Å²) in [7, 11) is 0. The number of amides is 1. The molecule has 0 fully saturated rings. The number of rotatable bonds is 2. The van der Waals surface area contributed by atoms with E-state index in [4.69, 9.17) is 5.73 Å². The Hall–Kier alpha value is -2.36. The SMILES string of the molecule is Cc1ccccc1NC(=O)c1ccnc(N)c1. The molecular formula is C13H13N3O. The van der Waals surface area contributed by atoms with Gasteiger partial charge in [0.2, 0.25) is 0 Å². The van der Waals surface area contributed by atoms with Gasteiger partial charge in [0.25, 0.3) is 5.91 Å². The van der Waals surface area contributed by atoms with Gasteiger partial charge in [0.05, 0.1) is 0 Å². The highest BCUT2D eigenvalue weighted by Gasteiger charge is 2.07. The Morgan fingerprint density at radius 2 is 2.06 bits per heavy atom. The predicted octanol–water partition coefficient (Wildman–Crippen LogP) is 2.22. The molecule has 2 rings (SSSR count). The molecule has 1 aromatic heterocycles. The van der Waals surface area contributed by atoms with Gasteiger partial charge in [-0.2, -0.15) is 0 Å². The first-order valence-corrected chi connectivity index (χ1v) is 5.25. The molecule has 0 saturated heterocycles. The van der Waals surface area contributed by atoms with Crippen LogP contribution in [-0.4, -0.2) is 10.9 Å². The molecule has 0 saturated carbocycles. The average Bonchev–Trinajstić information content (AvgIpc) is 2.32. The molecule has 0 aliphatic rings. The van der Waals surface area contributed by atoms with Crippen LogP contribution in [0.15, 0.2) is 42.6 Å². The summed E-state index contributed by atoms with van der Waals surface area (Å²) in [5.74, 6) is 0.149. The number of nitrogen functional groups attached to an aromatic ring is 1. The number of hydrogen-bond acceptors (Lipinski definition) is 3. The van der Waals surface area contributed by atoms with Crippen molar-refractivity contribution in [3.05, 3.63) is 53.7 Å². The Morgan fingerprint density at radius 1 is 1.29 bits per heavy atom.